The molecule has 3 aromatic rings. The van der Waals surface area contributed by atoms with E-state index in [9.17, 15) is 22.8 Å². The molecule has 0 bridgehead atoms. The van der Waals surface area contributed by atoms with Crippen LogP contribution in [0.25, 0.3) is 11.5 Å². The minimum Gasteiger partial charge on any atom is -0.426 e. The summed E-state index contributed by atoms with van der Waals surface area (Å²) < 4.78 is 49.3. The highest BCUT2D eigenvalue weighted by Crippen LogP contribution is 2.30. The van der Waals surface area contributed by atoms with Gasteiger partial charge in [0.25, 0.3) is 0 Å². The zero-order valence-corrected chi connectivity index (χ0v) is 15.8. The Morgan fingerprint density at radius 1 is 1.21 bits per heavy atom. The molecule has 3 rings (SSSR count). The first-order valence-corrected chi connectivity index (χ1v) is 8.80. The number of ether oxygens (including phenoxy) is 1. The van der Waals surface area contributed by atoms with E-state index in [0.717, 1.165) is 28.9 Å². The number of hydrogen-bond acceptors (Lipinski definition) is 5. The SMILES string of the molecule is CCC(=O)Oc1ccc(Cl)cc1Cn1nc(-c2ccc(C(F)(F)F)cc2)oc1=O. The molecule has 0 aliphatic rings. The molecule has 6 nitrogen and oxygen atoms in total. The summed E-state index contributed by atoms with van der Waals surface area (Å²) in [7, 11) is 0. The largest absolute Gasteiger partial charge is 0.437 e. The van der Waals surface area contributed by atoms with E-state index < -0.39 is 23.5 Å². The number of esters is 1. The van der Waals surface area contributed by atoms with Crippen molar-refractivity contribution in [2.45, 2.75) is 26.1 Å². The van der Waals surface area contributed by atoms with Crippen LogP contribution in [-0.2, 0) is 17.5 Å². The first-order valence-electron chi connectivity index (χ1n) is 8.42. The van der Waals surface area contributed by atoms with Crippen LogP contribution in [0, 0.1) is 0 Å². The Morgan fingerprint density at radius 3 is 2.52 bits per heavy atom. The normalized spacial score (nSPS) is 11.5. The van der Waals surface area contributed by atoms with Crippen LogP contribution in [-0.4, -0.2) is 15.7 Å². The van der Waals surface area contributed by atoms with Gasteiger partial charge in [-0.15, -0.1) is 5.10 Å². The van der Waals surface area contributed by atoms with Gasteiger partial charge in [-0.3, -0.25) is 4.79 Å². The lowest BCUT2D eigenvalue weighted by atomic mass is 10.1. The number of carbonyl (C=O) groups is 1. The van der Waals surface area contributed by atoms with Crippen LogP contribution < -0.4 is 10.5 Å². The molecular weight excluding hydrogens is 413 g/mol. The van der Waals surface area contributed by atoms with Gasteiger partial charge in [0.1, 0.15) is 5.75 Å². The lowest BCUT2D eigenvalue weighted by molar-refractivity contribution is -0.137. The third-order valence-corrected chi connectivity index (χ3v) is 4.16. The fraction of sp³-hybridized carbons (Fsp3) is 0.211. The van der Waals surface area contributed by atoms with Crippen LogP contribution in [0.4, 0.5) is 13.2 Å². The van der Waals surface area contributed by atoms with Crippen LogP contribution in [0.2, 0.25) is 5.02 Å². The molecule has 2 aromatic carbocycles. The number of carbonyl (C=O) groups excluding carboxylic acids is 1. The third-order valence-electron chi connectivity index (χ3n) is 3.92. The molecule has 10 heteroatoms. The molecule has 152 valence electrons. The van der Waals surface area contributed by atoms with Gasteiger partial charge >= 0.3 is 17.9 Å². The Bertz CT molecular complexity index is 1090. The van der Waals surface area contributed by atoms with Gasteiger partial charge in [-0.25, -0.2) is 4.79 Å². The van der Waals surface area contributed by atoms with Crippen LogP contribution >= 0.6 is 11.6 Å². The minimum absolute atomic E-state index is 0.115. The molecule has 0 fully saturated rings. The molecule has 29 heavy (non-hydrogen) atoms. The van der Waals surface area contributed by atoms with Crippen molar-refractivity contribution in [3.8, 4) is 17.2 Å². The van der Waals surface area contributed by atoms with E-state index in [1.807, 2.05) is 0 Å². The van der Waals surface area contributed by atoms with Gasteiger partial charge in [-0.05, 0) is 42.5 Å². The molecular formula is C19H14ClF3N2O4. The van der Waals surface area contributed by atoms with E-state index in [0.29, 0.717) is 10.6 Å². The monoisotopic (exact) mass is 426 g/mol. The van der Waals surface area contributed by atoms with E-state index in [1.165, 1.54) is 18.2 Å². The molecule has 0 saturated heterocycles. The van der Waals surface area contributed by atoms with Gasteiger partial charge in [0.05, 0.1) is 12.1 Å². The zero-order valence-electron chi connectivity index (χ0n) is 15.0. The molecule has 0 unspecified atom stereocenters. The fourth-order valence-corrected chi connectivity index (χ4v) is 2.65. The Balaban J connectivity index is 1.89. The average Bonchev–Trinajstić information content (AvgIpc) is 3.03. The number of halogens is 4. The van der Waals surface area contributed by atoms with Crippen molar-refractivity contribution in [3.05, 3.63) is 69.2 Å². The summed E-state index contributed by atoms with van der Waals surface area (Å²) in [6, 6.07) is 8.59. The number of rotatable bonds is 5. The van der Waals surface area contributed by atoms with Crippen molar-refractivity contribution in [3.63, 3.8) is 0 Å². The van der Waals surface area contributed by atoms with Gasteiger partial charge in [0.15, 0.2) is 0 Å². The van der Waals surface area contributed by atoms with Crippen LogP contribution in [0.5, 0.6) is 5.75 Å². The van der Waals surface area contributed by atoms with Crippen molar-refractivity contribution in [2.75, 3.05) is 0 Å². The second-order valence-corrected chi connectivity index (χ2v) is 6.42. The summed E-state index contributed by atoms with van der Waals surface area (Å²) in [6.45, 7) is 1.52. The summed E-state index contributed by atoms with van der Waals surface area (Å²) in [5.74, 6) is -1.22. The number of alkyl halides is 3. The van der Waals surface area contributed by atoms with E-state index >= 15 is 0 Å². The van der Waals surface area contributed by atoms with Gasteiger partial charge in [0, 0.05) is 22.6 Å². The lowest BCUT2D eigenvalue weighted by Gasteiger charge is -2.09. The molecule has 0 radical (unpaired) electrons. The van der Waals surface area contributed by atoms with Crippen molar-refractivity contribution in [2.24, 2.45) is 0 Å². The number of hydrogen-bond donors (Lipinski definition) is 0. The van der Waals surface area contributed by atoms with E-state index in [2.05, 4.69) is 5.10 Å². The Morgan fingerprint density at radius 2 is 1.90 bits per heavy atom. The Hall–Kier alpha value is -3.07. The predicted molar refractivity (Wildman–Crippen MR) is 97.7 cm³/mol. The molecule has 0 saturated carbocycles. The average molecular weight is 427 g/mol. The molecule has 0 spiro atoms. The highest BCUT2D eigenvalue weighted by molar-refractivity contribution is 6.30. The van der Waals surface area contributed by atoms with E-state index in [1.54, 1.807) is 6.92 Å². The highest BCUT2D eigenvalue weighted by atomic mass is 35.5. The number of nitrogens with zero attached hydrogens (tertiary/aromatic N) is 2. The van der Waals surface area contributed by atoms with Gasteiger partial charge < -0.3 is 9.15 Å². The molecule has 0 N–H and O–H groups in total. The standard InChI is InChI=1S/C19H14ClF3N2O4/c1-2-16(26)28-15-8-7-14(20)9-12(15)10-25-18(27)29-17(24-25)11-3-5-13(6-4-11)19(21,22)23/h3-9H,2,10H2,1H3. The number of aromatic nitrogens is 2. The maximum atomic E-state index is 12.7. The van der Waals surface area contributed by atoms with E-state index in [-0.39, 0.29) is 30.2 Å². The number of benzene rings is 2. The molecule has 1 heterocycles. The molecule has 0 atom stereocenters. The summed E-state index contributed by atoms with van der Waals surface area (Å²) in [5, 5.41) is 4.37. The highest BCUT2D eigenvalue weighted by Gasteiger charge is 2.30. The molecule has 0 aliphatic heterocycles. The van der Waals surface area contributed by atoms with E-state index in [4.69, 9.17) is 20.8 Å². The maximum Gasteiger partial charge on any atom is 0.437 e. The van der Waals surface area contributed by atoms with Crippen LogP contribution in [0.3, 0.4) is 0 Å². The first kappa shape index (κ1) is 20.7. The quantitative estimate of drug-likeness (QED) is 0.442. The van der Waals surface area contributed by atoms with Gasteiger partial charge in [-0.1, -0.05) is 18.5 Å². The zero-order chi connectivity index (χ0) is 21.2. The summed E-state index contributed by atoms with van der Waals surface area (Å²) >= 11 is 5.98. The fourth-order valence-electron chi connectivity index (χ4n) is 2.45. The second-order valence-electron chi connectivity index (χ2n) is 5.99. The summed E-state index contributed by atoms with van der Waals surface area (Å²) in [5.41, 5.74) is -0.212. The second kappa shape index (κ2) is 8.12. The van der Waals surface area contributed by atoms with Crippen molar-refractivity contribution >= 4 is 17.6 Å². The van der Waals surface area contributed by atoms with Crippen molar-refractivity contribution < 1.29 is 27.1 Å². The topological polar surface area (TPSA) is 74.3 Å². The molecule has 0 aliphatic carbocycles. The van der Waals surface area contributed by atoms with Gasteiger partial charge in [-0.2, -0.15) is 17.9 Å². The predicted octanol–water partition coefficient (Wildman–Crippen LogP) is 4.54. The Labute approximate surface area is 167 Å². The third kappa shape index (κ3) is 4.86. The minimum atomic E-state index is -4.47. The van der Waals surface area contributed by atoms with Crippen LogP contribution in [0.15, 0.2) is 51.7 Å². The Kier molecular flexibility index (Phi) is 5.78. The van der Waals surface area contributed by atoms with Gasteiger partial charge in [0.2, 0.25) is 5.89 Å². The van der Waals surface area contributed by atoms with Crippen LogP contribution in [0.1, 0.15) is 24.5 Å². The molecule has 0 amide bonds. The van der Waals surface area contributed by atoms with Crippen molar-refractivity contribution in [1.82, 2.24) is 9.78 Å². The molecule has 1 aromatic heterocycles. The van der Waals surface area contributed by atoms with Crippen molar-refractivity contribution in [1.29, 1.82) is 0 Å². The summed E-state index contributed by atoms with van der Waals surface area (Å²) in [4.78, 5) is 23.7. The smallest absolute Gasteiger partial charge is 0.426 e. The maximum absolute atomic E-state index is 12.7. The summed E-state index contributed by atoms with van der Waals surface area (Å²) in [6.07, 6.45) is -4.32. The lowest BCUT2D eigenvalue weighted by Crippen LogP contribution is -2.17. The first-order chi connectivity index (χ1) is 13.7.